The first-order valence-electron chi connectivity index (χ1n) is 10.4. The lowest BCUT2D eigenvalue weighted by Crippen LogP contribution is -2.41. The van der Waals surface area contributed by atoms with Gasteiger partial charge < -0.3 is 10.0 Å². The fraction of sp³-hybridized carbons (Fsp3) is 0.111. The number of amides is 1. The summed E-state index contributed by atoms with van der Waals surface area (Å²) in [4.78, 5) is 28.4. The molecule has 4 aromatic rings. The molecule has 0 unspecified atom stereocenters. The number of Topliss-reactive ketones (excluding diaryl/α,β-unsaturated/α-hetero) is 1. The summed E-state index contributed by atoms with van der Waals surface area (Å²) >= 11 is 5.98. The van der Waals surface area contributed by atoms with Crippen LogP contribution >= 0.6 is 11.6 Å². The third-order valence-electron chi connectivity index (χ3n) is 6.00. The Balaban J connectivity index is 1.51. The normalized spacial score (nSPS) is 17.6. The molecule has 1 aliphatic rings. The third-order valence-corrected chi connectivity index (χ3v) is 6.25. The van der Waals surface area contributed by atoms with E-state index in [1.807, 2.05) is 54.6 Å². The summed E-state index contributed by atoms with van der Waals surface area (Å²) in [5.74, 6) is -0.775. The zero-order valence-corrected chi connectivity index (χ0v) is 17.9. The average molecular weight is 442 g/mol. The van der Waals surface area contributed by atoms with E-state index in [4.69, 9.17) is 11.6 Å². The molecule has 0 fully saturated rings. The smallest absolute Gasteiger partial charge is 0.264 e. The van der Waals surface area contributed by atoms with E-state index in [1.54, 1.807) is 36.4 Å². The van der Waals surface area contributed by atoms with Crippen molar-refractivity contribution in [2.24, 2.45) is 0 Å². The van der Waals surface area contributed by atoms with E-state index in [2.05, 4.69) is 0 Å². The van der Waals surface area contributed by atoms with Gasteiger partial charge in [-0.3, -0.25) is 9.59 Å². The van der Waals surface area contributed by atoms with Crippen molar-refractivity contribution in [1.82, 2.24) is 0 Å². The predicted molar refractivity (Wildman–Crippen MR) is 126 cm³/mol. The number of aliphatic hydroxyl groups is 1. The minimum Gasteiger partial charge on any atom is -0.375 e. The Kier molecular flexibility index (Phi) is 5.04. The molecule has 1 aliphatic heterocycles. The largest absolute Gasteiger partial charge is 0.375 e. The maximum Gasteiger partial charge on any atom is 0.264 e. The molecule has 0 saturated heterocycles. The molecule has 0 radical (unpaired) electrons. The molecule has 0 bridgehead atoms. The van der Waals surface area contributed by atoms with E-state index >= 15 is 0 Å². The number of carbonyl (C=O) groups is 2. The summed E-state index contributed by atoms with van der Waals surface area (Å²) in [5, 5.41) is 13.9. The van der Waals surface area contributed by atoms with Gasteiger partial charge in [-0.05, 0) is 34.5 Å². The molecule has 0 spiro atoms. The van der Waals surface area contributed by atoms with Gasteiger partial charge in [-0.2, -0.15) is 0 Å². The van der Waals surface area contributed by atoms with Gasteiger partial charge in [-0.25, -0.2) is 0 Å². The van der Waals surface area contributed by atoms with Gasteiger partial charge in [-0.15, -0.1) is 0 Å². The van der Waals surface area contributed by atoms with Crippen molar-refractivity contribution in [3.63, 3.8) is 0 Å². The van der Waals surface area contributed by atoms with E-state index in [9.17, 15) is 14.7 Å². The first-order valence-corrected chi connectivity index (χ1v) is 10.7. The second-order valence-electron chi connectivity index (χ2n) is 8.02. The summed E-state index contributed by atoms with van der Waals surface area (Å²) in [7, 11) is 0. The second kappa shape index (κ2) is 7.90. The van der Waals surface area contributed by atoms with Crippen molar-refractivity contribution in [2.45, 2.75) is 18.6 Å². The molecule has 32 heavy (non-hydrogen) atoms. The molecule has 1 heterocycles. The quantitative estimate of drug-likeness (QED) is 0.416. The van der Waals surface area contributed by atoms with Crippen LogP contribution in [-0.4, -0.2) is 16.8 Å². The number of hydrogen-bond donors (Lipinski definition) is 1. The number of benzene rings is 4. The molecule has 1 N–H and O–H groups in total. The van der Waals surface area contributed by atoms with Crippen LogP contribution in [0.2, 0.25) is 5.02 Å². The standard InChI is InChI=1S/C27H20ClNO3/c28-20-14-12-18(13-15-20)17-29-24-11-4-3-10-23(24)27(32,26(29)31)16-25(30)22-9-5-7-19-6-1-2-8-21(19)22/h1-15,32H,16-17H2/t27-/m1/s1. The fourth-order valence-electron chi connectivity index (χ4n) is 4.40. The van der Waals surface area contributed by atoms with Crippen LogP contribution in [0.1, 0.15) is 27.9 Å². The first kappa shape index (κ1) is 20.4. The van der Waals surface area contributed by atoms with E-state index in [1.165, 1.54) is 4.90 Å². The molecule has 4 aromatic carbocycles. The van der Waals surface area contributed by atoms with Gasteiger partial charge in [0.1, 0.15) is 0 Å². The maximum absolute atomic E-state index is 13.5. The van der Waals surface area contributed by atoms with Crippen LogP contribution in [-0.2, 0) is 16.9 Å². The monoisotopic (exact) mass is 441 g/mol. The van der Waals surface area contributed by atoms with Crippen molar-refractivity contribution in [3.8, 4) is 0 Å². The number of hydrogen-bond acceptors (Lipinski definition) is 3. The Morgan fingerprint density at radius 2 is 1.56 bits per heavy atom. The zero-order chi connectivity index (χ0) is 22.3. The van der Waals surface area contributed by atoms with Gasteiger partial charge in [0.15, 0.2) is 11.4 Å². The molecule has 0 aliphatic carbocycles. The number of ketones is 1. The van der Waals surface area contributed by atoms with Gasteiger partial charge in [-0.1, -0.05) is 84.4 Å². The third kappa shape index (κ3) is 3.38. The highest BCUT2D eigenvalue weighted by Gasteiger charge is 2.50. The van der Waals surface area contributed by atoms with Crippen molar-refractivity contribution in [3.05, 3.63) is 113 Å². The summed E-state index contributed by atoms with van der Waals surface area (Å²) in [6.07, 6.45) is -0.325. The minimum absolute atomic E-state index is 0.276. The van der Waals surface area contributed by atoms with Crippen LogP contribution in [0.25, 0.3) is 10.8 Å². The van der Waals surface area contributed by atoms with Gasteiger partial charge in [0.25, 0.3) is 5.91 Å². The van der Waals surface area contributed by atoms with Gasteiger partial charge in [0, 0.05) is 16.1 Å². The summed E-state index contributed by atoms with van der Waals surface area (Å²) in [6.45, 7) is 0.276. The summed E-state index contributed by atoms with van der Waals surface area (Å²) in [6, 6.07) is 27.4. The van der Waals surface area contributed by atoms with E-state index in [0.29, 0.717) is 21.8 Å². The molecular formula is C27H20ClNO3. The van der Waals surface area contributed by atoms with Crippen LogP contribution < -0.4 is 4.90 Å². The number of halogens is 1. The van der Waals surface area contributed by atoms with Crippen molar-refractivity contribution >= 4 is 39.8 Å². The molecule has 1 amide bonds. The van der Waals surface area contributed by atoms with E-state index in [-0.39, 0.29) is 18.7 Å². The number of carbonyl (C=O) groups excluding carboxylic acids is 2. The van der Waals surface area contributed by atoms with Crippen LogP contribution in [0, 0.1) is 0 Å². The number of fused-ring (bicyclic) bond motifs is 2. The molecule has 4 nitrogen and oxygen atoms in total. The summed E-state index contributed by atoms with van der Waals surface area (Å²) in [5.41, 5.74) is 0.519. The highest BCUT2D eigenvalue weighted by atomic mass is 35.5. The molecule has 5 heteroatoms. The van der Waals surface area contributed by atoms with E-state index in [0.717, 1.165) is 16.3 Å². The zero-order valence-electron chi connectivity index (χ0n) is 17.2. The lowest BCUT2D eigenvalue weighted by atomic mass is 9.87. The molecule has 0 saturated carbocycles. The number of anilines is 1. The lowest BCUT2D eigenvalue weighted by molar-refractivity contribution is -0.136. The van der Waals surface area contributed by atoms with Crippen molar-refractivity contribution in [2.75, 3.05) is 4.90 Å². The Bertz CT molecular complexity index is 1340. The molecule has 0 aromatic heterocycles. The highest BCUT2D eigenvalue weighted by molar-refractivity contribution is 6.30. The molecule has 5 rings (SSSR count). The molecular weight excluding hydrogens is 422 g/mol. The van der Waals surface area contributed by atoms with Gasteiger partial charge in [0.2, 0.25) is 0 Å². The number of nitrogens with zero attached hydrogens (tertiary/aromatic N) is 1. The fourth-order valence-corrected chi connectivity index (χ4v) is 4.53. The summed E-state index contributed by atoms with van der Waals surface area (Å²) < 4.78 is 0. The molecule has 158 valence electrons. The van der Waals surface area contributed by atoms with Crippen LogP contribution in [0.15, 0.2) is 91.0 Å². The van der Waals surface area contributed by atoms with Crippen LogP contribution in [0.5, 0.6) is 0 Å². The van der Waals surface area contributed by atoms with Gasteiger partial charge >= 0.3 is 0 Å². The predicted octanol–water partition coefficient (Wildman–Crippen LogP) is 5.50. The number of rotatable bonds is 5. The van der Waals surface area contributed by atoms with Gasteiger partial charge in [0.05, 0.1) is 18.7 Å². The minimum atomic E-state index is -1.92. The van der Waals surface area contributed by atoms with Crippen molar-refractivity contribution in [1.29, 1.82) is 0 Å². The Morgan fingerprint density at radius 1 is 0.875 bits per heavy atom. The Morgan fingerprint density at radius 3 is 2.38 bits per heavy atom. The number of para-hydroxylation sites is 1. The van der Waals surface area contributed by atoms with Crippen LogP contribution in [0.3, 0.4) is 0 Å². The van der Waals surface area contributed by atoms with Crippen molar-refractivity contribution < 1.29 is 14.7 Å². The lowest BCUT2D eigenvalue weighted by Gasteiger charge is -2.23. The Hall–Kier alpha value is -3.47. The Labute approximate surface area is 190 Å². The average Bonchev–Trinajstić information content (AvgIpc) is 3.02. The maximum atomic E-state index is 13.5. The first-order chi connectivity index (χ1) is 15.5. The van der Waals surface area contributed by atoms with E-state index < -0.39 is 11.5 Å². The topological polar surface area (TPSA) is 57.6 Å². The second-order valence-corrected chi connectivity index (χ2v) is 8.46. The van der Waals surface area contributed by atoms with Crippen LogP contribution in [0.4, 0.5) is 5.69 Å². The molecule has 1 atom stereocenters. The highest BCUT2D eigenvalue weighted by Crippen LogP contribution is 2.43. The SMILES string of the molecule is O=C(C[C@]1(O)C(=O)N(Cc2ccc(Cl)cc2)c2ccccc21)c1cccc2ccccc12.